The molecule has 1 unspecified atom stereocenters. The molecule has 2 rings (SSSR count). The predicted octanol–water partition coefficient (Wildman–Crippen LogP) is 3.99. The van der Waals surface area contributed by atoms with Crippen LogP contribution in [-0.2, 0) is 6.54 Å². The minimum absolute atomic E-state index is 0.612. The van der Waals surface area contributed by atoms with Gasteiger partial charge in [-0.3, -0.25) is 4.90 Å². The molecule has 1 atom stereocenters. The Labute approximate surface area is 106 Å². The van der Waals surface area contributed by atoms with Crippen molar-refractivity contribution in [1.82, 2.24) is 4.90 Å². The van der Waals surface area contributed by atoms with Crippen LogP contribution in [0.5, 0.6) is 0 Å². The molecule has 1 nitrogen and oxygen atoms in total. The lowest BCUT2D eigenvalue weighted by atomic mass is 10.0. The zero-order valence-corrected chi connectivity index (χ0v) is 11.3. The quantitative estimate of drug-likeness (QED) is 0.757. The van der Waals surface area contributed by atoms with Crippen molar-refractivity contribution < 1.29 is 0 Å². The summed E-state index contributed by atoms with van der Waals surface area (Å²) in [4.78, 5) is 2.43. The van der Waals surface area contributed by atoms with Crippen LogP contribution in [0.3, 0.4) is 0 Å². The van der Waals surface area contributed by atoms with Crippen LogP contribution in [0.1, 0.15) is 24.8 Å². The minimum Gasteiger partial charge on any atom is -0.296 e. The van der Waals surface area contributed by atoms with E-state index in [0.29, 0.717) is 6.04 Å². The van der Waals surface area contributed by atoms with Crippen LogP contribution in [-0.4, -0.2) is 18.0 Å². The SMILES string of the molecule is CN(Cc1ccccc1Br)C1C=CCCC1. The van der Waals surface area contributed by atoms with E-state index < -0.39 is 0 Å². The Kier molecular flexibility index (Phi) is 4.19. The van der Waals surface area contributed by atoms with E-state index in [4.69, 9.17) is 0 Å². The van der Waals surface area contributed by atoms with Gasteiger partial charge in [0.25, 0.3) is 0 Å². The van der Waals surface area contributed by atoms with Gasteiger partial charge >= 0.3 is 0 Å². The van der Waals surface area contributed by atoms with Crippen LogP contribution in [0, 0.1) is 0 Å². The molecule has 0 heterocycles. The van der Waals surface area contributed by atoms with E-state index in [1.165, 1.54) is 29.3 Å². The Morgan fingerprint density at radius 2 is 2.19 bits per heavy atom. The van der Waals surface area contributed by atoms with E-state index in [0.717, 1.165) is 6.54 Å². The van der Waals surface area contributed by atoms with Gasteiger partial charge in [0, 0.05) is 17.1 Å². The van der Waals surface area contributed by atoms with E-state index in [1.807, 2.05) is 0 Å². The van der Waals surface area contributed by atoms with Crippen LogP contribution in [0.25, 0.3) is 0 Å². The fourth-order valence-electron chi connectivity index (χ4n) is 2.17. The number of hydrogen-bond acceptors (Lipinski definition) is 1. The maximum atomic E-state index is 3.60. The van der Waals surface area contributed by atoms with Crippen molar-refractivity contribution in [1.29, 1.82) is 0 Å². The van der Waals surface area contributed by atoms with Crippen molar-refractivity contribution in [2.24, 2.45) is 0 Å². The van der Waals surface area contributed by atoms with Gasteiger partial charge in [-0.2, -0.15) is 0 Å². The summed E-state index contributed by atoms with van der Waals surface area (Å²) in [6, 6.07) is 9.08. The summed E-state index contributed by atoms with van der Waals surface area (Å²) in [6.07, 6.45) is 8.52. The summed E-state index contributed by atoms with van der Waals surface area (Å²) in [5.41, 5.74) is 1.36. The average Bonchev–Trinajstić information content (AvgIpc) is 2.33. The normalized spacial score (nSPS) is 20.3. The lowest BCUT2D eigenvalue weighted by molar-refractivity contribution is 0.253. The fourth-order valence-corrected chi connectivity index (χ4v) is 2.58. The first kappa shape index (κ1) is 11.9. The number of nitrogens with zero attached hydrogens (tertiary/aromatic N) is 1. The second-order valence-corrected chi connectivity index (χ2v) is 5.29. The smallest absolute Gasteiger partial charge is 0.0278 e. The van der Waals surface area contributed by atoms with Crippen LogP contribution >= 0.6 is 15.9 Å². The molecule has 2 heteroatoms. The van der Waals surface area contributed by atoms with Crippen molar-refractivity contribution in [2.45, 2.75) is 31.8 Å². The molecule has 86 valence electrons. The third-order valence-corrected chi connectivity index (χ3v) is 3.95. The highest BCUT2D eigenvalue weighted by Gasteiger charge is 2.14. The molecule has 1 aromatic carbocycles. The van der Waals surface area contributed by atoms with Crippen LogP contribution in [0.4, 0.5) is 0 Å². The number of benzene rings is 1. The first-order valence-corrected chi connectivity index (χ1v) is 6.67. The number of halogens is 1. The van der Waals surface area contributed by atoms with Gasteiger partial charge in [-0.25, -0.2) is 0 Å². The number of hydrogen-bond donors (Lipinski definition) is 0. The minimum atomic E-state index is 0.612. The molecular weight excluding hydrogens is 262 g/mol. The highest BCUT2D eigenvalue weighted by molar-refractivity contribution is 9.10. The second kappa shape index (κ2) is 5.65. The Morgan fingerprint density at radius 1 is 1.38 bits per heavy atom. The highest BCUT2D eigenvalue weighted by Crippen LogP contribution is 2.21. The van der Waals surface area contributed by atoms with E-state index >= 15 is 0 Å². The zero-order valence-electron chi connectivity index (χ0n) is 9.70. The number of allylic oxidation sites excluding steroid dienone is 1. The molecule has 0 saturated heterocycles. The largest absolute Gasteiger partial charge is 0.296 e. The van der Waals surface area contributed by atoms with Gasteiger partial charge in [0.2, 0.25) is 0 Å². The molecule has 0 N–H and O–H groups in total. The van der Waals surface area contributed by atoms with Gasteiger partial charge in [0.1, 0.15) is 0 Å². The summed E-state index contributed by atoms with van der Waals surface area (Å²) < 4.78 is 1.21. The maximum absolute atomic E-state index is 3.60. The van der Waals surface area contributed by atoms with Gasteiger partial charge in [-0.05, 0) is 37.9 Å². The lowest BCUT2D eigenvalue weighted by Gasteiger charge is -2.28. The summed E-state index contributed by atoms with van der Waals surface area (Å²) >= 11 is 3.60. The Morgan fingerprint density at radius 3 is 2.88 bits per heavy atom. The summed E-state index contributed by atoms with van der Waals surface area (Å²) in [6.45, 7) is 1.01. The fraction of sp³-hybridized carbons (Fsp3) is 0.429. The second-order valence-electron chi connectivity index (χ2n) is 4.43. The Bertz CT molecular complexity index is 373. The van der Waals surface area contributed by atoms with E-state index in [9.17, 15) is 0 Å². The van der Waals surface area contributed by atoms with Gasteiger partial charge in [0.05, 0.1) is 0 Å². The standard InChI is InChI=1S/C14H18BrN/c1-16(13-8-3-2-4-9-13)11-12-7-5-6-10-14(12)15/h3,5-8,10,13H,2,4,9,11H2,1H3. The van der Waals surface area contributed by atoms with Gasteiger partial charge in [-0.1, -0.05) is 46.3 Å². The van der Waals surface area contributed by atoms with E-state index in [-0.39, 0.29) is 0 Å². The molecule has 0 saturated carbocycles. The first-order valence-electron chi connectivity index (χ1n) is 5.87. The van der Waals surface area contributed by atoms with Gasteiger partial charge in [0.15, 0.2) is 0 Å². The van der Waals surface area contributed by atoms with E-state index in [2.05, 4.69) is 64.3 Å². The number of rotatable bonds is 3. The molecule has 0 aromatic heterocycles. The van der Waals surface area contributed by atoms with Crippen molar-refractivity contribution in [3.63, 3.8) is 0 Å². The van der Waals surface area contributed by atoms with Crippen molar-refractivity contribution in [3.05, 3.63) is 46.5 Å². The van der Waals surface area contributed by atoms with Crippen LogP contribution in [0.2, 0.25) is 0 Å². The third-order valence-electron chi connectivity index (χ3n) is 3.17. The molecule has 0 bridgehead atoms. The molecule has 0 radical (unpaired) electrons. The molecule has 0 aliphatic heterocycles. The summed E-state index contributed by atoms with van der Waals surface area (Å²) in [5, 5.41) is 0. The third kappa shape index (κ3) is 2.96. The molecule has 1 aliphatic carbocycles. The van der Waals surface area contributed by atoms with Crippen molar-refractivity contribution >= 4 is 15.9 Å². The zero-order chi connectivity index (χ0) is 11.4. The number of likely N-dealkylation sites (N-methyl/N-ethyl adjacent to an activating group) is 1. The molecule has 0 amide bonds. The van der Waals surface area contributed by atoms with Crippen molar-refractivity contribution in [2.75, 3.05) is 7.05 Å². The molecule has 1 aromatic rings. The summed E-state index contributed by atoms with van der Waals surface area (Å²) in [7, 11) is 2.21. The topological polar surface area (TPSA) is 3.24 Å². The van der Waals surface area contributed by atoms with Gasteiger partial charge in [-0.15, -0.1) is 0 Å². The molecule has 1 aliphatic rings. The van der Waals surface area contributed by atoms with Crippen LogP contribution in [0.15, 0.2) is 40.9 Å². The lowest BCUT2D eigenvalue weighted by Crippen LogP contribution is -2.30. The maximum Gasteiger partial charge on any atom is 0.0278 e. The molecule has 0 spiro atoms. The average molecular weight is 280 g/mol. The van der Waals surface area contributed by atoms with Crippen LogP contribution < -0.4 is 0 Å². The van der Waals surface area contributed by atoms with E-state index in [1.54, 1.807) is 0 Å². The molecule has 0 fully saturated rings. The first-order chi connectivity index (χ1) is 7.77. The van der Waals surface area contributed by atoms with Gasteiger partial charge < -0.3 is 0 Å². The highest BCUT2D eigenvalue weighted by atomic mass is 79.9. The molecular formula is C14H18BrN. The summed E-state index contributed by atoms with van der Waals surface area (Å²) in [5.74, 6) is 0. The Hall–Kier alpha value is -0.600. The van der Waals surface area contributed by atoms with Crippen molar-refractivity contribution in [3.8, 4) is 0 Å². The monoisotopic (exact) mass is 279 g/mol. The predicted molar refractivity (Wildman–Crippen MR) is 72.4 cm³/mol. The Balaban J connectivity index is 2.01. The molecule has 16 heavy (non-hydrogen) atoms.